The normalized spacial score (nSPS) is 5.33. The third-order valence-corrected chi connectivity index (χ3v) is 0. The molecule has 0 aromatic carbocycles. The molecule has 0 aromatic rings. The SMILES string of the molecule is O=[N+]([O-])O.O=[N+]([O-])O.[Ba]. The largest absolute Gasteiger partial charge is 0.328 e. The van der Waals surface area contributed by atoms with Crippen molar-refractivity contribution in [2.75, 3.05) is 0 Å². The molecule has 0 bridgehead atoms. The molecule has 0 aromatic heterocycles. The Morgan fingerprint density at radius 1 is 1.00 bits per heavy atom. The van der Waals surface area contributed by atoms with E-state index in [0.717, 1.165) is 0 Å². The van der Waals surface area contributed by atoms with Gasteiger partial charge in [-0.25, -0.2) is 0 Å². The van der Waals surface area contributed by atoms with Crippen molar-refractivity contribution in [3.05, 3.63) is 20.2 Å². The second kappa shape index (κ2) is 10.9. The summed E-state index contributed by atoms with van der Waals surface area (Å²) in [4.78, 5) is 16.7. The van der Waals surface area contributed by atoms with Crippen LogP contribution in [0.1, 0.15) is 0 Å². The van der Waals surface area contributed by atoms with Crippen LogP contribution in [0.2, 0.25) is 0 Å². The fraction of sp³-hybridized carbons (Fsp3) is 0. The summed E-state index contributed by atoms with van der Waals surface area (Å²) in [7, 11) is 0. The minimum absolute atomic E-state index is 0. The predicted molar refractivity (Wildman–Crippen MR) is 23.3 cm³/mol. The molecule has 9 heavy (non-hydrogen) atoms. The molecule has 0 fully saturated rings. The summed E-state index contributed by atoms with van der Waals surface area (Å²) < 4.78 is 0. The molecule has 0 aliphatic heterocycles. The van der Waals surface area contributed by atoms with Crippen LogP contribution in [0.5, 0.6) is 0 Å². The molecular weight excluding hydrogens is 261 g/mol. The van der Waals surface area contributed by atoms with Gasteiger partial charge in [0.25, 0.3) is 10.2 Å². The van der Waals surface area contributed by atoms with Crippen LogP contribution in [0.25, 0.3) is 0 Å². The van der Waals surface area contributed by atoms with Crippen molar-refractivity contribution < 1.29 is 20.6 Å². The van der Waals surface area contributed by atoms with Gasteiger partial charge in [-0.1, -0.05) is 0 Å². The third kappa shape index (κ3) is 348000. The Balaban J connectivity index is -0.0000000720. The Hall–Kier alpha value is -0.0286. The number of hydrogen-bond acceptors (Lipinski definition) is 4. The fourth-order valence-corrected chi connectivity index (χ4v) is 0. The van der Waals surface area contributed by atoms with Crippen LogP contribution in [-0.4, -0.2) is 69.5 Å². The van der Waals surface area contributed by atoms with Crippen molar-refractivity contribution in [1.29, 1.82) is 0 Å². The monoisotopic (exact) mass is 264 g/mol. The van der Waals surface area contributed by atoms with E-state index in [1.807, 2.05) is 0 Å². The molecule has 9 heteroatoms. The van der Waals surface area contributed by atoms with E-state index in [2.05, 4.69) is 0 Å². The van der Waals surface area contributed by atoms with E-state index in [4.69, 9.17) is 30.6 Å². The van der Waals surface area contributed by atoms with Crippen LogP contribution >= 0.6 is 0 Å². The van der Waals surface area contributed by atoms with Gasteiger partial charge in [0.2, 0.25) is 0 Å². The maximum Gasteiger partial charge on any atom is 0.291 e. The number of hydrogen-bond donors (Lipinski definition) is 2. The Kier molecular flexibility index (Phi) is 19.3. The molecule has 50 valence electrons. The van der Waals surface area contributed by atoms with Gasteiger partial charge in [-0.3, -0.25) is 0 Å². The van der Waals surface area contributed by atoms with Crippen LogP contribution in [0.4, 0.5) is 0 Å². The summed E-state index contributed by atoms with van der Waals surface area (Å²) >= 11 is 0. The first kappa shape index (κ1) is 16.0. The maximum atomic E-state index is 8.36. The molecule has 0 rings (SSSR count). The molecule has 0 heterocycles. The Bertz CT molecular complexity index is 69.1. The maximum absolute atomic E-state index is 8.36. The van der Waals surface area contributed by atoms with E-state index >= 15 is 0 Å². The predicted octanol–water partition coefficient (Wildman–Crippen LogP) is -1.08. The zero-order valence-electron chi connectivity index (χ0n) is 4.13. The van der Waals surface area contributed by atoms with Crippen LogP contribution in [0, 0.1) is 20.2 Å². The average molecular weight is 263 g/mol. The molecule has 0 unspecified atom stereocenters. The molecule has 0 aliphatic rings. The zero-order valence-corrected chi connectivity index (χ0v) is 8.57. The number of rotatable bonds is 0. The van der Waals surface area contributed by atoms with Crippen LogP contribution < -0.4 is 0 Å². The molecule has 2 N–H and O–H groups in total. The average Bonchev–Trinajstić information content (AvgIpc) is 1.25. The Morgan fingerprint density at radius 2 is 1.00 bits per heavy atom. The topological polar surface area (TPSA) is 127 Å². The Morgan fingerprint density at radius 3 is 1.00 bits per heavy atom. The zero-order chi connectivity index (χ0) is 7.15. The second-order valence-electron chi connectivity index (χ2n) is 0.476. The summed E-state index contributed by atoms with van der Waals surface area (Å²) in [5.41, 5.74) is 0. The van der Waals surface area contributed by atoms with E-state index in [-0.39, 0.29) is 48.9 Å². The van der Waals surface area contributed by atoms with Gasteiger partial charge in [0.15, 0.2) is 0 Å². The van der Waals surface area contributed by atoms with Crippen molar-refractivity contribution in [1.82, 2.24) is 0 Å². The van der Waals surface area contributed by atoms with Gasteiger partial charge in [-0.05, 0) is 0 Å². The summed E-state index contributed by atoms with van der Waals surface area (Å²) in [6, 6.07) is 0. The molecule has 0 saturated heterocycles. The van der Waals surface area contributed by atoms with Gasteiger partial charge in [0.1, 0.15) is 0 Å². The van der Waals surface area contributed by atoms with Gasteiger partial charge in [0.05, 0.1) is 0 Å². The van der Waals surface area contributed by atoms with E-state index in [0.29, 0.717) is 0 Å². The van der Waals surface area contributed by atoms with Crippen molar-refractivity contribution in [3.63, 3.8) is 0 Å². The molecule has 8 nitrogen and oxygen atoms in total. The first-order valence-electron chi connectivity index (χ1n) is 1.13. The standard InChI is InChI=1S/Ba.2HNO3/c;2*2-1(3)4/h;2*(H,2,3,4). The third-order valence-electron chi connectivity index (χ3n) is 0. The van der Waals surface area contributed by atoms with Gasteiger partial charge in [0, 0.05) is 48.9 Å². The molecule has 0 amide bonds. The summed E-state index contributed by atoms with van der Waals surface area (Å²) in [5, 5.41) is 27.3. The minimum atomic E-state index is -1.50. The molecule has 0 aliphatic carbocycles. The first-order valence-corrected chi connectivity index (χ1v) is 1.13. The van der Waals surface area contributed by atoms with E-state index in [9.17, 15) is 0 Å². The van der Waals surface area contributed by atoms with E-state index in [1.54, 1.807) is 0 Å². The minimum Gasteiger partial charge on any atom is -0.328 e. The smallest absolute Gasteiger partial charge is 0.291 e. The van der Waals surface area contributed by atoms with Crippen molar-refractivity contribution >= 4 is 48.9 Å². The second-order valence-corrected chi connectivity index (χ2v) is 0.476. The first-order chi connectivity index (χ1) is 3.46. The van der Waals surface area contributed by atoms with Crippen LogP contribution in [0.15, 0.2) is 0 Å². The molecular formula is H2BaN2O6. The molecule has 2 radical (unpaired) electrons. The molecule has 0 atom stereocenters. The van der Waals surface area contributed by atoms with Crippen LogP contribution in [-0.2, 0) is 0 Å². The van der Waals surface area contributed by atoms with Gasteiger partial charge in [-0.2, -0.15) is 0 Å². The quantitative estimate of drug-likeness (QED) is 0.325. The summed E-state index contributed by atoms with van der Waals surface area (Å²) in [6.45, 7) is 0. The molecule has 0 saturated carbocycles. The molecule has 0 spiro atoms. The summed E-state index contributed by atoms with van der Waals surface area (Å²) in [6.07, 6.45) is 0. The van der Waals surface area contributed by atoms with Crippen molar-refractivity contribution in [2.24, 2.45) is 0 Å². The van der Waals surface area contributed by atoms with Crippen LogP contribution in [0.3, 0.4) is 0 Å². The summed E-state index contributed by atoms with van der Waals surface area (Å²) in [5.74, 6) is 0. The van der Waals surface area contributed by atoms with Gasteiger partial charge >= 0.3 is 0 Å². The van der Waals surface area contributed by atoms with E-state index in [1.165, 1.54) is 0 Å². The van der Waals surface area contributed by atoms with Crippen molar-refractivity contribution in [2.45, 2.75) is 0 Å². The fourth-order valence-electron chi connectivity index (χ4n) is 0. The van der Waals surface area contributed by atoms with Crippen molar-refractivity contribution in [3.8, 4) is 0 Å². The van der Waals surface area contributed by atoms with Gasteiger partial charge in [-0.15, -0.1) is 20.2 Å². The number of nitrogens with zero attached hydrogens (tertiary/aromatic N) is 2. The van der Waals surface area contributed by atoms with Gasteiger partial charge < -0.3 is 10.4 Å². The van der Waals surface area contributed by atoms with E-state index < -0.39 is 10.2 Å². The Labute approximate surface area is 88.8 Å².